The Hall–Kier alpha value is -3.15. The van der Waals surface area contributed by atoms with Crippen molar-refractivity contribution < 1.29 is 19.1 Å². The molecule has 0 bridgehead atoms. The number of rotatable bonds is 6. The highest BCUT2D eigenvalue weighted by molar-refractivity contribution is 5.94. The van der Waals surface area contributed by atoms with Gasteiger partial charge in [-0.15, -0.1) is 0 Å². The third-order valence-electron chi connectivity index (χ3n) is 3.71. The van der Waals surface area contributed by atoms with Crippen LogP contribution in [0.3, 0.4) is 0 Å². The molecule has 0 aromatic heterocycles. The molecule has 26 heavy (non-hydrogen) atoms. The SMILES string of the molecule is CC(=O)Nc1cccc(C(=O)OCC(=O)N[C@H](C)c2ccc(C)cc2)c1. The average Bonchev–Trinajstić information content (AvgIpc) is 2.59. The molecule has 0 saturated carbocycles. The highest BCUT2D eigenvalue weighted by Gasteiger charge is 2.13. The average molecular weight is 354 g/mol. The lowest BCUT2D eigenvalue weighted by atomic mass is 10.1. The minimum absolute atomic E-state index is 0.190. The number of nitrogens with one attached hydrogen (secondary N) is 2. The number of carbonyl (C=O) groups is 3. The molecule has 0 aliphatic rings. The summed E-state index contributed by atoms with van der Waals surface area (Å²) in [6.45, 7) is 4.86. The van der Waals surface area contributed by atoms with Gasteiger partial charge in [-0.1, -0.05) is 35.9 Å². The van der Waals surface area contributed by atoms with Crippen LogP contribution in [0.5, 0.6) is 0 Å². The third kappa shape index (κ3) is 5.73. The Kier molecular flexibility index (Phi) is 6.49. The van der Waals surface area contributed by atoms with E-state index in [-0.39, 0.29) is 30.0 Å². The molecule has 0 unspecified atom stereocenters. The van der Waals surface area contributed by atoms with E-state index in [9.17, 15) is 14.4 Å². The van der Waals surface area contributed by atoms with E-state index in [1.807, 2.05) is 38.1 Å². The molecule has 2 amide bonds. The largest absolute Gasteiger partial charge is 0.452 e. The van der Waals surface area contributed by atoms with E-state index >= 15 is 0 Å². The normalized spacial score (nSPS) is 11.3. The molecule has 0 aliphatic carbocycles. The van der Waals surface area contributed by atoms with Crippen molar-refractivity contribution in [3.05, 3.63) is 65.2 Å². The third-order valence-corrected chi connectivity index (χ3v) is 3.71. The van der Waals surface area contributed by atoms with Gasteiger partial charge in [0.25, 0.3) is 5.91 Å². The Morgan fingerprint density at radius 1 is 1.08 bits per heavy atom. The second-order valence-corrected chi connectivity index (χ2v) is 6.04. The van der Waals surface area contributed by atoms with Crippen molar-refractivity contribution in [2.45, 2.75) is 26.8 Å². The summed E-state index contributed by atoms with van der Waals surface area (Å²) >= 11 is 0. The van der Waals surface area contributed by atoms with Gasteiger partial charge in [0.15, 0.2) is 6.61 Å². The molecule has 0 fully saturated rings. The molecule has 0 heterocycles. The Morgan fingerprint density at radius 3 is 2.42 bits per heavy atom. The number of aryl methyl sites for hydroxylation is 1. The van der Waals surface area contributed by atoms with Gasteiger partial charge in [0.1, 0.15) is 0 Å². The quantitative estimate of drug-likeness (QED) is 0.781. The van der Waals surface area contributed by atoms with Crippen molar-refractivity contribution in [2.24, 2.45) is 0 Å². The standard InChI is InChI=1S/C20H22N2O4/c1-13-7-9-16(10-8-13)14(2)21-19(24)12-26-20(25)17-5-4-6-18(11-17)22-15(3)23/h4-11,14H,12H2,1-3H3,(H,21,24)(H,22,23)/t14-/m1/s1. The maximum absolute atomic E-state index is 12.1. The first-order chi connectivity index (χ1) is 12.3. The van der Waals surface area contributed by atoms with E-state index in [0.29, 0.717) is 5.69 Å². The molecule has 2 aromatic carbocycles. The molecule has 2 N–H and O–H groups in total. The molecule has 2 aromatic rings. The number of carbonyl (C=O) groups excluding carboxylic acids is 3. The number of ether oxygens (including phenoxy) is 1. The van der Waals surface area contributed by atoms with Gasteiger partial charge in [-0.2, -0.15) is 0 Å². The molecule has 6 nitrogen and oxygen atoms in total. The Bertz CT molecular complexity index is 800. The summed E-state index contributed by atoms with van der Waals surface area (Å²) in [5.41, 5.74) is 2.86. The van der Waals surface area contributed by atoms with Crippen LogP contribution in [0, 0.1) is 6.92 Å². The number of amides is 2. The molecule has 2 rings (SSSR count). The lowest BCUT2D eigenvalue weighted by molar-refractivity contribution is -0.124. The summed E-state index contributed by atoms with van der Waals surface area (Å²) in [5, 5.41) is 5.37. The van der Waals surface area contributed by atoms with Crippen molar-refractivity contribution in [3.63, 3.8) is 0 Å². The topological polar surface area (TPSA) is 84.5 Å². The zero-order valence-corrected chi connectivity index (χ0v) is 15.0. The summed E-state index contributed by atoms with van der Waals surface area (Å²) in [7, 11) is 0. The van der Waals surface area contributed by atoms with Gasteiger partial charge >= 0.3 is 5.97 Å². The van der Waals surface area contributed by atoms with E-state index < -0.39 is 5.97 Å². The maximum Gasteiger partial charge on any atom is 0.338 e. The Morgan fingerprint density at radius 2 is 1.77 bits per heavy atom. The first-order valence-electron chi connectivity index (χ1n) is 8.26. The number of esters is 1. The zero-order valence-electron chi connectivity index (χ0n) is 15.0. The van der Waals surface area contributed by atoms with E-state index in [0.717, 1.165) is 11.1 Å². The minimum Gasteiger partial charge on any atom is -0.452 e. The van der Waals surface area contributed by atoms with Crippen molar-refractivity contribution in [2.75, 3.05) is 11.9 Å². The van der Waals surface area contributed by atoms with Crippen molar-refractivity contribution >= 4 is 23.5 Å². The molecule has 0 spiro atoms. The summed E-state index contributed by atoms with van der Waals surface area (Å²) < 4.78 is 5.04. The van der Waals surface area contributed by atoms with E-state index in [1.54, 1.807) is 18.2 Å². The first kappa shape index (κ1) is 19.2. The van der Waals surface area contributed by atoms with Crippen molar-refractivity contribution in [1.82, 2.24) is 5.32 Å². The predicted molar refractivity (Wildman–Crippen MR) is 98.8 cm³/mol. The number of benzene rings is 2. The number of hydrogen-bond acceptors (Lipinski definition) is 4. The number of anilines is 1. The van der Waals surface area contributed by atoms with Gasteiger partial charge in [-0.3, -0.25) is 9.59 Å². The van der Waals surface area contributed by atoms with Gasteiger partial charge in [-0.25, -0.2) is 4.79 Å². The van der Waals surface area contributed by atoms with Crippen LogP contribution in [-0.4, -0.2) is 24.4 Å². The predicted octanol–water partition coefficient (Wildman–Crippen LogP) is 2.99. The first-order valence-corrected chi connectivity index (χ1v) is 8.26. The summed E-state index contributed by atoms with van der Waals surface area (Å²) in [5.74, 6) is -1.25. The van der Waals surface area contributed by atoms with Crippen LogP contribution in [0.4, 0.5) is 5.69 Å². The summed E-state index contributed by atoms with van der Waals surface area (Å²) in [6.07, 6.45) is 0. The van der Waals surface area contributed by atoms with Crippen LogP contribution in [0.2, 0.25) is 0 Å². The maximum atomic E-state index is 12.1. The van der Waals surface area contributed by atoms with Crippen LogP contribution < -0.4 is 10.6 Å². The molecule has 1 atom stereocenters. The lowest BCUT2D eigenvalue weighted by Gasteiger charge is -2.14. The van der Waals surface area contributed by atoms with Gasteiger partial charge in [0, 0.05) is 12.6 Å². The fraction of sp³-hybridized carbons (Fsp3) is 0.250. The zero-order chi connectivity index (χ0) is 19.1. The van der Waals surface area contributed by atoms with Crippen molar-refractivity contribution in [1.29, 1.82) is 0 Å². The molecule has 6 heteroatoms. The van der Waals surface area contributed by atoms with Crippen LogP contribution in [0.25, 0.3) is 0 Å². The van der Waals surface area contributed by atoms with E-state index in [1.165, 1.54) is 13.0 Å². The van der Waals surface area contributed by atoms with Crippen LogP contribution in [0.1, 0.15) is 41.4 Å². The molecule has 136 valence electrons. The monoisotopic (exact) mass is 354 g/mol. The van der Waals surface area contributed by atoms with E-state index in [2.05, 4.69) is 10.6 Å². The molecule has 0 radical (unpaired) electrons. The van der Waals surface area contributed by atoms with Gasteiger partial charge in [0.2, 0.25) is 5.91 Å². The second kappa shape index (κ2) is 8.80. The lowest BCUT2D eigenvalue weighted by Crippen LogP contribution is -2.31. The number of hydrogen-bond donors (Lipinski definition) is 2. The minimum atomic E-state index is -0.629. The molecular weight excluding hydrogens is 332 g/mol. The fourth-order valence-corrected chi connectivity index (χ4v) is 2.36. The second-order valence-electron chi connectivity index (χ2n) is 6.04. The van der Waals surface area contributed by atoms with E-state index in [4.69, 9.17) is 4.74 Å². The fourth-order valence-electron chi connectivity index (χ4n) is 2.36. The molecular formula is C20H22N2O4. The summed E-state index contributed by atoms with van der Waals surface area (Å²) in [4.78, 5) is 35.1. The molecule has 0 saturated heterocycles. The van der Waals surface area contributed by atoms with Crippen molar-refractivity contribution in [3.8, 4) is 0 Å². The Labute approximate surface area is 152 Å². The van der Waals surface area contributed by atoms with Gasteiger partial charge < -0.3 is 15.4 Å². The van der Waals surface area contributed by atoms with Gasteiger partial charge in [0.05, 0.1) is 11.6 Å². The Balaban J connectivity index is 1.87. The molecule has 0 aliphatic heterocycles. The summed E-state index contributed by atoms with van der Waals surface area (Å²) in [6, 6.07) is 14.0. The smallest absolute Gasteiger partial charge is 0.338 e. The van der Waals surface area contributed by atoms with Gasteiger partial charge in [-0.05, 0) is 37.6 Å². The van der Waals surface area contributed by atoms with Crippen LogP contribution in [0.15, 0.2) is 48.5 Å². The van der Waals surface area contributed by atoms with Crippen LogP contribution >= 0.6 is 0 Å². The van der Waals surface area contributed by atoms with Crippen LogP contribution in [-0.2, 0) is 14.3 Å². The highest BCUT2D eigenvalue weighted by Crippen LogP contribution is 2.14. The highest BCUT2D eigenvalue weighted by atomic mass is 16.5.